The van der Waals surface area contributed by atoms with Crippen molar-refractivity contribution in [3.05, 3.63) is 0 Å². The van der Waals surface area contributed by atoms with Gasteiger partial charge in [-0.25, -0.2) is 0 Å². The molecule has 0 bridgehead atoms. The second-order valence-electron chi connectivity index (χ2n) is 4.09. The summed E-state index contributed by atoms with van der Waals surface area (Å²) in [5.41, 5.74) is 0. The highest BCUT2D eigenvalue weighted by atomic mass is 16.6. The summed E-state index contributed by atoms with van der Waals surface area (Å²) in [6, 6.07) is -0.139. The molecule has 5 heteroatoms. The van der Waals surface area contributed by atoms with Crippen LogP contribution in [0.1, 0.15) is 33.1 Å². The number of amides is 1. The molecule has 0 radical (unpaired) electrons. The predicted octanol–water partition coefficient (Wildman–Crippen LogP) is 0.622. The fraction of sp³-hybridized carbons (Fsp3) is 0.818. The topological polar surface area (TPSA) is 64.6 Å². The van der Waals surface area contributed by atoms with E-state index in [1.165, 1.54) is 13.8 Å². The number of esters is 1. The second-order valence-corrected chi connectivity index (χ2v) is 4.09. The molecule has 0 aromatic rings. The average Bonchev–Trinajstić information content (AvgIpc) is 2.19. The Hall–Kier alpha value is -1.10. The lowest BCUT2D eigenvalue weighted by molar-refractivity contribution is -0.160. The van der Waals surface area contributed by atoms with E-state index < -0.39 is 0 Å². The second kappa shape index (κ2) is 5.84. The van der Waals surface area contributed by atoms with Crippen molar-refractivity contribution in [2.45, 2.75) is 51.4 Å². The lowest BCUT2D eigenvalue weighted by Gasteiger charge is -2.36. The molecule has 1 aliphatic rings. The Kier molecular flexibility index (Phi) is 4.73. The summed E-state index contributed by atoms with van der Waals surface area (Å²) >= 11 is 0. The van der Waals surface area contributed by atoms with Crippen LogP contribution in [0.4, 0.5) is 0 Å². The van der Waals surface area contributed by atoms with Gasteiger partial charge in [0.15, 0.2) is 0 Å². The number of carbonyl (C=O) groups excluding carboxylic acids is 2. The molecule has 1 fully saturated rings. The molecular weight excluding hydrogens is 210 g/mol. The van der Waals surface area contributed by atoms with Crippen LogP contribution >= 0.6 is 0 Å². The van der Waals surface area contributed by atoms with Gasteiger partial charge in [-0.15, -0.1) is 0 Å². The largest absolute Gasteiger partial charge is 0.458 e. The Morgan fingerprint density at radius 1 is 1.25 bits per heavy atom. The van der Waals surface area contributed by atoms with Crippen LogP contribution in [0.25, 0.3) is 0 Å². The molecular formula is C11H19NO4. The maximum absolute atomic E-state index is 11.0. The molecule has 0 aromatic carbocycles. The molecule has 1 rings (SSSR count). The van der Waals surface area contributed by atoms with Crippen molar-refractivity contribution in [3.8, 4) is 0 Å². The Morgan fingerprint density at radius 2 is 1.94 bits per heavy atom. The number of nitrogens with one attached hydrogen (secondary N) is 1. The van der Waals surface area contributed by atoms with Crippen molar-refractivity contribution in [3.63, 3.8) is 0 Å². The Balaban J connectivity index is 2.69. The summed E-state index contributed by atoms with van der Waals surface area (Å²) in [6.07, 6.45) is 2.12. The van der Waals surface area contributed by atoms with Crippen molar-refractivity contribution in [1.29, 1.82) is 0 Å². The Labute approximate surface area is 95.5 Å². The molecule has 5 nitrogen and oxygen atoms in total. The van der Waals surface area contributed by atoms with Gasteiger partial charge in [0.05, 0.1) is 12.1 Å². The molecule has 92 valence electrons. The molecule has 1 aliphatic carbocycles. The first-order chi connectivity index (χ1) is 7.54. The average molecular weight is 229 g/mol. The smallest absolute Gasteiger partial charge is 0.303 e. The number of hydrogen-bond donors (Lipinski definition) is 1. The summed E-state index contributed by atoms with van der Waals surface area (Å²) in [6.45, 7) is 2.83. The first-order valence-electron chi connectivity index (χ1n) is 5.51. The van der Waals surface area contributed by atoms with Crippen molar-refractivity contribution in [1.82, 2.24) is 5.32 Å². The molecule has 0 heterocycles. The minimum atomic E-state index is -0.375. The number of methoxy groups -OCH3 is 1. The SMILES string of the molecule is CO[C@H]1CCC[C@H](NC(C)=O)[C@H]1OC(C)=O. The van der Waals surface area contributed by atoms with Crippen molar-refractivity contribution < 1.29 is 19.1 Å². The third-order valence-corrected chi connectivity index (χ3v) is 2.76. The van der Waals surface area contributed by atoms with Crippen molar-refractivity contribution in [2.24, 2.45) is 0 Å². The zero-order valence-electron chi connectivity index (χ0n) is 9.99. The van der Waals surface area contributed by atoms with Gasteiger partial charge in [0.2, 0.25) is 5.91 Å². The zero-order chi connectivity index (χ0) is 12.1. The van der Waals surface area contributed by atoms with E-state index in [1.54, 1.807) is 7.11 Å². The molecule has 0 aliphatic heterocycles. The minimum absolute atomic E-state index is 0.112. The van der Waals surface area contributed by atoms with Gasteiger partial charge in [-0.3, -0.25) is 9.59 Å². The van der Waals surface area contributed by atoms with Gasteiger partial charge in [-0.1, -0.05) is 0 Å². The Morgan fingerprint density at radius 3 is 2.44 bits per heavy atom. The molecule has 1 N–H and O–H groups in total. The minimum Gasteiger partial charge on any atom is -0.458 e. The number of ether oxygens (including phenoxy) is 2. The van der Waals surface area contributed by atoms with E-state index in [0.717, 1.165) is 19.3 Å². The molecule has 1 amide bonds. The summed E-state index contributed by atoms with van der Waals surface area (Å²) in [7, 11) is 1.59. The van der Waals surface area contributed by atoms with E-state index in [1.807, 2.05) is 0 Å². The molecule has 3 atom stereocenters. The summed E-state index contributed by atoms with van der Waals surface area (Å²) in [5.74, 6) is -0.455. The van der Waals surface area contributed by atoms with Gasteiger partial charge >= 0.3 is 5.97 Å². The number of carbonyl (C=O) groups is 2. The number of rotatable bonds is 3. The van der Waals surface area contributed by atoms with E-state index >= 15 is 0 Å². The zero-order valence-corrected chi connectivity index (χ0v) is 9.99. The van der Waals surface area contributed by atoms with Gasteiger partial charge in [-0.2, -0.15) is 0 Å². The molecule has 16 heavy (non-hydrogen) atoms. The normalized spacial score (nSPS) is 29.6. The monoisotopic (exact) mass is 229 g/mol. The third-order valence-electron chi connectivity index (χ3n) is 2.76. The first-order valence-corrected chi connectivity index (χ1v) is 5.51. The van der Waals surface area contributed by atoms with Crippen LogP contribution in [0.15, 0.2) is 0 Å². The fourth-order valence-corrected chi connectivity index (χ4v) is 2.14. The lowest BCUT2D eigenvalue weighted by atomic mass is 9.89. The highest BCUT2D eigenvalue weighted by molar-refractivity contribution is 5.73. The van der Waals surface area contributed by atoms with Crippen LogP contribution < -0.4 is 5.32 Å². The third kappa shape index (κ3) is 3.48. The molecule has 0 unspecified atom stereocenters. The van der Waals surface area contributed by atoms with E-state index in [9.17, 15) is 9.59 Å². The Bertz CT molecular complexity index is 267. The van der Waals surface area contributed by atoms with Crippen LogP contribution in [0.3, 0.4) is 0 Å². The van der Waals surface area contributed by atoms with E-state index in [0.29, 0.717) is 0 Å². The van der Waals surface area contributed by atoms with E-state index in [4.69, 9.17) is 9.47 Å². The lowest BCUT2D eigenvalue weighted by Crippen LogP contribution is -2.53. The van der Waals surface area contributed by atoms with E-state index in [2.05, 4.69) is 5.32 Å². The standard InChI is InChI=1S/C11H19NO4/c1-7(13)12-9-5-4-6-10(15-3)11(9)16-8(2)14/h9-11H,4-6H2,1-3H3,(H,12,13)/t9-,10-,11+/m0/s1. The van der Waals surface area contributed by atoms with Gasteiger partial charge in [0.1, 0.15) is 6.10 Å². The van der Waals surface area contributed by atoms with Crippen molar-refractivity contribution in [2.75, 3.05) is 7.11 Å². The summed E-state index contributed by atoms with van der Waals surface area (Å²) in [4.78, 5) is 22.1. The van der Waals surface area contributed by atoms with Gasteiger partial charge in [-0.05, 0) is 19.3 Å². The highest BCUT2D eigenvalue weighted by Crippen LogP contribution is 2.24. The highest BCUT2D eigenvalue weighted by Gasteiger charge is 2.36. The van der Waals surface area contributed by atoms with E-state index in [-0.39, 0.29) is 30.1 Å². The molecule has 0 aromatic heterocycles. The molecule has 1 saturated carbocycles. The van der Waals surface area contributed by atoms with Crippen LogP contribution in [0, 0.1) is 0 Å². The van der Waals surface area contributed by atoms with Gasteiger partial charge in [0, 0.05) is 21.0 Å². The quantitative estimate of drug-likeness (QED) is 0.721. The van der Waals surface area contributed by atoms with Crippen LogP contribution in [0.2, 0.25) is 0 Å². The van der Waals surface area contributed by atoms with Gasteiger partial charge in [0.25, 0.3) is 0 Å². The van der Waals surface area contributed by atoms with Crippen LogP contribution in [0.5, 0.6) is 0 Å². The maximum Gasteiger partial charge on any atom is 0.303 e. The predicted molar refractivity (Wildman–Crippen MR) is 57.8 cm³/mol. The fourth-order valence-electron chi connectivity index (χ4n) is 2.14. The summed E-state index contributed by atoms with van der Waals surface area (Å²) in [5, 5.41) is 2.81. The molecule has 0 saturated heterocycles. The summed E-state index contributed by atoms with van der Waals surface area (Å²) < 4.78 is 10.5. The first kappa shape index (κ1) is 13.0. The molecule has 0 spiro atoms. The van der Waals surface area contributed by atoms with Crippen LogP contribution in [-0.2, 0) is 19.1 Å². The van der Waals surface area contributed by atoms with Gasteiger partial charge < -0.3 is 14.8 Å². The van der Waals surface area contributed by atoms with Crippen LogP contribution in [-0.4, -0.2) is 37.2 Å². The number of hydrogen-bond acceptors (Lipinski definition) is 4. The maximum atomic E-state index is 11.0. The van der Waals surface area contributed by atoms with Crippen molar-refractivity contribution >= 4 is 11.9 Å².